The largest absolute Gasteiger partial charge is 0.321 e. The van der Waals surface area contributed by atoms with Gasteiger partial charge in [0.05, 0.1) is 15.6 Å². The lowest BCUT2D eigenvalue weighted by Crippen LogP contribution is -2.24. The SMILES string of the molecule is Cc1ccc(-c2ccsc2C(=O)Nc2ccc(N3CCCC3=O)c(Cl)c2)cc1. The number of carbonyl (C=O) groups excluding carboxylic acids is 2. The third-order valence-electron chi connectivity index (χ3n) is 4.80. The first-order chi connectivity index (χ1) is 13.5. The van der Waals surface area contributed by atoms with Gasteiger partial charge in [0.2, 0.25) is 5.91 Å². The molecule has 0 spiro atoms. The lowest BCUT2D eigenvalue weighted by molar-refractivity contribution is -0.117. The minimum Gasteiger partial charge on any atom is -0.321 e. The highest BCUT2D eigenvalue weighted by atomic mass is 35.5. The molecule has 0 saturated carbocycles. The molecule has 1 fully saturated rings. The van der Waals surface area contributed by atoms with Gasteiger partial charge in [0.15, 0.2) is 0 Å². The number of anilines is 2. The van der Waals surface area contributed by atoms with Gasteiger partial charge in [-0.15, -0.1) is 11.3 Å². The minimum absolute atomic E-state index is 0.0833. The number of halogens is 1. The van der Waals surface area contributed by atoms with Crippen LogP contribution in [-0.4, -0.2) is 18.4 Å². The minimum atomic E-state index is -0.174. The summed E-state index contributed by atoms with van der Waals surface area (Å²) in [5.74, 6) is -0.0911. The van der Waals surface area contributed by atoms with E-state index in [4.69, 9.17) is 11.6 Å². The Hall–Kier alpha value is -2.63. The smallest absolute Gasteiger partial charge is 0.266 e. The summed E-state index contributed by atoms with van der Waals surface area (Å²) in [6.45, 7) is 2.72. The Morgan fingerprint density at radius 1 is 1.14 bits per heavy atom. The molecule has 3 aromatic rings. The zero-order valence-corrected chi connectivity index (χ0v) is 16.9. The molecule has 0 unspecified atom stereocenters. The summed E-state index contributed by atoms with van der Waals surface area (Å²) in [5.41, 5.74) is 4.40. The van der Waals surface area contributed by atoms with Crippen molar-refractivity contribution in [1.29, 1.82) is 0 Å². The maximum absolute atomic E-state index is 12.8. The van der Waals surface area contributed by atoms with Crippen LogP contribution in [0.15, 0.2) is 53.9 Å². The van der Waals surface area contributed by atoms with Crippen molar-refractivity contribution in [3.8, 4) is 11.1 Å². The number of thiophene rings is 1. The molecule has 2 aromatic carbocycles. The van der Waals surface area contributed by atoms with Crippen LogP contribution in [0, 0.1) is 6.92 Å². The lowest BCUT2D eigenvalue weighted by Gasteiger charge is -2.18. The van der Waals surface area contributed by atoms with Gasteiger partial charge < -0.3 is 10.2 Å². The summed E-state index contributed by atoms with van der Waals surface area (Å²) in [7, 11) is 0. The zero-order valence-electron chi connectivity index (χ0n) is 15.4. The number of rotatable bonds is 4. The highest BCUT2D eigenvalue weighted by Crippen LogP contribution is 2.33. The number of hydrogen-bond acceptors (Lipinski definition) is 3. The highest BCUT2D eigenvalue weighted by molar-refractivity contribution is 7.12. The maximum Gasteiger partial charge on any atom is 0.266 e. The van der Waals surface area contributed by atoms with E-state index in [1.807, 2.05) is 42.6 Å². The van der Waals surface area contributed by atoms with Gasteiger partial charge in [-0.1, -0.05) is 41.4 Å². The molecule has 1 saturated heterocycles. The van der Waals surface area contributed by atoms with Crippen molar-refractivity contribution in [3.05, 3.63) is 69.4 Å². The van der Waals surface area contributed by atoms with Gasteiger partial charge in [0.1, 0.15) is 0 Å². The van der Waals surface area contributed by atoms with Crippen molar-refractivity contribution < 1.29 is 9.59 Å². The molecule has 1 N–H and O–H groups in total. The second kappa shape index (κ2) is 7.78. The molecule has 0 bridgehead atoms. The topological polar surface area (TPSA) is 49.4 Å². The Bertz CT molecular complexity index is 1040. The van der Waals surface area contributed by atoms with Crippen LogP contribution in [-0.2, 0) is 4.79 Å². The Labute approximate surface area is 172 Å². The van der Waals surface area contributed by atoms with Crippen LogP contribution in [0.25, 0.3) is 11.1 Å². The summed E-state index contributed by atoms with van der Waals surface area (Å²) in [6.07, 6.45) is 1.39. The quantitative estimate of drug-likeness (QED) is 0.594. The van der Waals surface area contributed by atoms with E-state index in [9.17, 15) is 9.59 Å². The second-order valence-electron chi connectivity index (χ2n) is 6.80. The van der Waals surface area contributed by atoms with Crippen LogP contribution in [0.5, 0.6) is 0 Å². The molecule has 142 valence electrons. The fourth-order valence-electron chi connectivity index (χ4n) is 3.34. The standard InChI is InChI=1S/C22H19ClN2O2S/c1-14-4-6-15(7-5-14)17-10-12-28-21(17)22(27)24-16-8-9-19(18(23)13-16)25-11-2-3-20(25)26/h4-10,12-13H,2-3,11H2,1H3,(H,24,27). The van der Waals surface area contributed by atoms with Crippen molar-refractivity contribution in [2.45, 2.75) is 19.8 Å². The number of aryl methyl sites for hydroxylation is 1. The van der Waals surface area contributed by atoms with E-state index >= 15 is 0 Å². The van der Waals surface area contributed by atoms with Gasteiger partial charge in [-0.25, -0.2) is 0 Å². The van der Waals surface area contributed by atoms with Crippen molar-refractivity contribution in [2.24, 2.45) is 0 Å². The van der Waals surface area contributed by atoms with Crippen LogP contribution < -0.4 is 10.2 Å². The normalized spacial score (nSPS) is 13.8. The predicted molar refractivity (Wildman–Crippen MR) is 115 cm³/mol. The fraction of sp³-hybridized carbons (Fsp3) is 0.182. The first-order valence-electron chi connectivity index (χ1n) is 9.09. The van der Waals surface area contributed by atoms with Gasteiger partial charge in [-0.3, -0.25) is 9.59 Å². The molecule has 28 heavy (non-hydrogen) atoms. The van der Waals surface area contributed by atoms with Gasteiger partial charge in [0.25, 0.3) is 5.91 Å². The fourth-order valence-corrected chi connectivity index (χ4v) is 4.43. The van der Waals surface area contributed by atoms with Gasteiger partial charge in [-0.2, -0.15) is 0 Å². The second-order valence-corrected chi connectivity index (χ2v) is 8.12. The molecule has 1 aliphatic heterocycles. The van der Waals surface area contributed by atoms with Gasteiger partial charge in [0, 0.05) is 24.2 Å². The van der Waals surface area contributed by atoms with Crippen LogP contribution in [0.2, 0.25) is 5.02 Å². The first-order valence-corrected chi connectivity index (χ1v) is 10.3. The summed E-state index contributed by atoms with van der Waals surface area (Å²) in [6, 6.07) is 15.3. The van der Waals surface area contributed by atoms with Crippen LogP contribution in [0.1, 0.15) is 28.1 Å². The van der Waals surface area contributed by atoms with E-state index in [0.29, 0.717) is 34.2 Å². The van der Waals surface area contributed by atoms with Crippen LogP contribution >= 0.6 is 22.9 Å². The third-order valence-corrected chi connectivity index (χ3v) is 6.02. The van der Waals surface area contributed by atoms with Crippen molar-refractivity contribution >= 4 is 46.1 Å². The summed E-state index contributed by atoms with van der Waals surface area (Å²) >= 11 is 7.79. The number of hydrogen-bond donors (Lipinski definition) is 1. The van der Waals surface area contributed by atoms with Crippen LogP contribution in [0.4, 0.5) is 11.4 Å². The van der Waals surface area contributed by atoms with Crippen molar-refractivity contribution in [1.82, 2.24) is 0 Å². The number of carbonyl (C=O) groups is 2. The summed E-state index contributed by atoms with van der Waals surface area (Å²) < 4.78 is 0. The van der Waals surface area contributed by atoms with E-state index in [2.05, 4.69) is 5.32 Å². The van der Waals surface area contributed by atoms with Crippen molar-refractivity contribution in [2.75, 3.05) is 16.8 Å². The number of amides is 2. The molecule has 0 atom stereocenters. The molecule has 1 aromatic heterocycles. The monoisotopic (exact) mass is 410 g/mol. The Morgan fingerprint density at radius 2 is 1.93 bits per heavy atom. The average molecular weight is 411 g/mol. The average Bonchev–Trinajstić information content (AvgIpc) is 3.32. The van der Waals surface area contributed by atoms with E-state index < -0.39 is 0 Å². The van der Waals surface area contributed by atoms with E-state index in [-0.39, 0.29) is 11.8 Å². The first kappa shape index (κ1) is 18.7. The van der Waals surface area contributed by atoms with E-state index in [1.54, 1.807) is 23.1 Å². The van der Waals surface area contributed by atoms with E-state index in [0.717, 1.165) is 17.5 Å². The molecule has 4 nitrogen and oxygen atoms in total. The molecule has 0 aliphatic carbocycles. The van der Waals surface area contributed by atoms with Gasteiger partial charge >= 0.3 is 0 Å². The molecule has 4 rings (SSSR count). The molecular weight excluding hydrogens is 392 g/mol. The Balaban J connectivity index is 1.55. The predicted octanol–water partition coefficient (Wildman–Crippen LogP) is 5.76. The molecule has 1 aliphatic rings. The number of nitrogens with zero attached hydrogens (tertiary/aromatic N) is 1. The number of benzene rings is 2. The molecule has 2 heterocycles. The van der Waals surface area contributed by atoms with Crippen LogP contribution in [0.3, 0.4) is 0 Å². The third kappa shape index (κ3) is 3.68. The van der Waals surface area contributed by atoms with Crippen molar-refractivity contribution in [3.63, 3.8) is 0 Å². The Kier molecular flexibility index (Phi) is 5.20. The number of nitrogens with one attached hydrogen (secondary N) is 1. The molecule has 6 heteroatoms. The highest BCUT2D eigenvalue weighted by Gasteiger charge is 2.24. The zero-order chi connectivity index (χ0) is 19.7. The molecule has 2 amide bonds. The maximum atomic E-state index is 12.8. The summed E-state index contributed by atoms with van der Waals surface area (Å²) in [5, 5.41) is 5.29. The lowest BCUT2D eigenvalue weighted by atomic mass is 10.0. The Morgan fingerprint density at radius 3 is 2.61 bits per heavy atom. The van der Waals surface area contributed by atoms with Gasteiger partial charge in [-0.05, 0) is 48.6 Å². The summed E-state index contributed by atoms with van der Waals surface area (Å²) in [4.78, 5) is 27.1. The van der Waals surface area contributed by atoms with E-state index in [1.165, 1.54) is 16.9 Å². The molecular formula is C22H19ClN2O2S. The molecule has 0 radical (unpaired) electrons.